The van der Waals surface area contributed by atoms with Gasteiger partial charge in [0.1, 0.15) is 0 Å². The molecular weight excluding hydrogens is 168 g/mol. The van der Waals surface area contributed by atoms with Crippen molar-refractivity contribution < 1.29 is 4.79 Å². The fourth-order valence-electron chi connectivity index (χ4n) is 0.736. The molecule has 0 saturated carbocycles. The third-order valence-electron chi connectivity index (χ3n) is 1.47. The number of carbonyl (C=O) groups is 1. The minimum atomic E-state index is 0.0400. The van der Waals surface area contributed by atoms with Crippen LogP contribution in [-0.2, 0) is 4.79 Å². The Morgan fingerprint density at radius 1 is 1.38 bits per heavy atom. The summed E-state index contributed by atoms with van der Waals surface area (Å²) < 4.78 is 0. The van der Waals surface area contributed by atoms with Gasteiger partial charge in [0, 0.05) is 26.6 Å². The molecule has 0 atom stereocenters. The largest absolute Gasteiger partial charge is 0.370 e. The van der Waals surface area contributed by atoms with E-state index < -0.39 is 0 Å². The van der Waals surface area contributed by atoms with Crippen LogP contribution in [0, 0.1) is 0 Å². The molecule has 0 heterocycles. The molecule has 0 bridgehead atoms. The Labute approximate surface area is 78.8 Å². The molecule has 0 saturated heterocycles. The number of nitrogens with zero attached hydrogens (tertiary/aromatic N) is 1. The fraction of sp³-hybridized carbons (Fsp3) is 0.750. The molecule has 0 spiro atoms. The molecule has 0 radical (unpaired) electrons. The highest BCUT2D eigenvalue weighted by Gasteiger charge is 1.98. The molecule has 76 valence electrons. The molecule has 0 aliphatic heterocycles. The van der Waals surface area contributed by atoms with Crippen LogP contribution >= 0.6 is 0 Å². The van der Waals surface area contributed by atoms with E-state index in [-0.39, 0.29) is 5.91 Å². The predicted octanol–water partition coefficient (Wildman–Crippen LogP) is -0.563. The summed E-state index contributed by atoms with van der Waals surface area (Å²) in [4.78, 5) is 14.7. The smallest absolute Gasteiger partial charge is 0.221 e. The number of aliphatic imine (C=N–C) groups is 1. The Morgan fingerprint density at radius 2 is 2.08 bits per heavy atom. The molecule has 0 rings (SSSR count). The molecule has 5 nitrogen and oxygen atoms in total. The van der Waals surface area contributed by atoms with Gasteiger partial charge in [-0.25, -0.2) is 0 Å². The van der Waals surface area contributed by atoms with Crippen LogP contribution in [0.1, 0.15) is 19.8 Å². The minimum Gasteiger partial charge on any atom is -0.370 e. The molecule has 0 fully saturated rings. The molecule has 0 aliphatic carbocycles. The van der Waals surface area contributed by atoms with Gasteiger partial charge in [0.25, 0.3) is 0 Å². The maximum absolute atomic E-state index is 11.0. The van der Waals surface area contributed by atoms with Crippen molar-refractivity contribution in [3.63, 3.8) is 0 Å². The van der Waals surface area contributed by atoms with Gasteiger partial charge in [0.2, 0.25) is 5.91 Å². The molecule has 0 aromatic heterocycles. The van der Waals surface area contributed by atoms with Crippen molar-refractivity contribution in [1.82, 2.24) is 10.6 Å². The first-order chi connectivity index (χ1) is 6.20. The number of hydrogen-bond acceptors (Lipinski definition) is 2. The summed E-state index contributed by atoms with van der Waals surface area (Å²) >= 11 is 0. The van der Waals surface area contributed by atoms with Gasteiger partial charge in [-0.05, 0) is 6.42 Å². The first-order valence-electron chi connectivity index (χ1n) is 4.43. The predicted molar refractivity (Wildman–Crippen MR) is 53.5 cm³/mol. The molecule has 0 aromatic rings. The van der Waals surface area contributed by atoms with Crippen LogP contribution in [0.2, 0.25) is 0 Å². The molecule has 13 heavy (non-hydrogen) atoms. The van der Waals surface area contributed by atoms with E-state index in [2.05, 4.69) is 15.6 Å². The third kappa shape index (κ3) is 7.11. The normalized spacial score (nSPS) is 11.1. The van der Waals surface area contributed by atoms with E-state index in [4.69, 9.17) is 5.73 Å². The van der Waals surface area contributed by atoms with E-state index in [0.717, 1.165) is 13.0 Å². The summed E-state index contributed by atoms with van der Waals surface area (Å²) in [6.45, 7) is 3.27. The van der Waals surface area contributed by atoms with E-state index in [1.165, 1.54) is 0 Å². The highest BCUT2D eigenvalue weighted by atomic mass is 16.1. The minimum absolute atomic E-state index is 0.0400. The van der Waals surface area contributed by atoms with Crippen molar-refractivity contribution in [2.45, 2.75) is 19.8 Å². The number of nitrogens with one attached hydrogen (secondary N) is 2. The van der Waals surface area contributed by atoms with E-state index >= 15 is 0 Å². The van der Waals surface area contributed by atoms with Gasteiger partial charge in [-0.1, -0.05) is 6.92 Å². The Kier molecular flexibility index (Phi) is 6.68. The Balaban J connectivity index is 3.37. The Morgan fingerprint density at radius 3 is 2.62 bits per heavy atom. The zero-order valence-electron chi connectivity index (χ0n) is 8.26. The van der Waals surface area contributed by atoms with E-state index in [1.54, 1.807) is 7.05 Å². The van der Waals surface area contributed by atoms with Gasteiger partial charge in [-0.2, -0.15) is 0 Å². The summed E-state index contributed by atoms with van der Waals surface area (Å²) in [7, 11) is 1.60. The Bertz CT molecular complexity index is 179. The standard InChI is InChI=1S/C8H18N4O/c1-3-5-11-7(13)4-6-12-8(9)10-2/h3-6H2,1-2H3,(H,11,13)(H3,9,10,12). The lowest BCUT2D eigenvalue weighted by Gasteiger charge is -2.05. The van der Waals surface area contributed by atoms with Crippen LogP contribution in [0.25, 0.3) is 0 Å². The van der Waals surface area contributed by atoms with Gasteiger partial charge in [-0.3, -0.25) is 9.79 Å². The number of amides is 1. The lowest BCUT2D eigenvalue weighted by Crippen LogP contribution is -2.35. The van der Waals surface area contributed by atoms with Crippen LogP contribution in [-0.4, -0.2) is 32.0 Å². The van der Waals surface area contributed by atoms with E-state index in [0.29, 0.717) is 18.9 Å². The summed E-state index contributed by atoms with van der Waals surface area (Å²) in [6, 6.07) is 0. The van der Waals surface area contributed by atoms with Crippen molar-refractivity contribution >= 4 is 11.9 Å². The zero-order chi connectivity index (χ0) is 10.1. The maximum atomic E-state index is 11.0. The second kappa shape index (κ2) is 7.39. The molecule has 4 N–H and O–H groups in total. The summed E-state index contributed by atoms with van der Waals surface area (Å²) in [5, 5.41) is 5.57. The van der Waals surface area contributed by atoms with Gasteiger partial charge in [0.15, 0.2) is 5.96 Å². The second-order valence-electron chi connectivity index (χ2n) is 2.64. The number of hydrogen-bond donors (Lipinski definition) is 3. The highest BCUT2D eigenvalue weighted by Crippen LogP contribution is 1.78. The molecule has 5 heteroatoms. The van der Waals surface area contributed by atoms with Gasteiger partial charge >= 0.3 is 0 Å². The van der Waals surface area contributed by atoms with Crippen molar-refractivity contribution in [3.05, 3.63) is 0 Å². The zero-order valence-corrected chi connectivity index (χ0v) is 8.26. The van der Waals surface area contributed by atoms with E-state index in [9.17, 15) is 4.79 Å². The summed E-state index contributed by atoms with van der Waals surface area (Å²) in [6.07, 6.45) is 1.38. The van der Waals surface area contributed by atoms with Crippen molar-refractivity contribution in [3.8, 4) is 0 Å². The lowest BCUT2D eigenvalue weighted by molar-refractivity contribution is -0.120. The van der Waals surface area contributed by atoms with Crippen LogP contribution < -0.4 is 16.4 Å². The summed E-state index contributed by atoms with van der Waals surface area (Å²) in [5.74, 6) is 0.404. The van der Waals surface area contributed by atoms with Crippen molar-refractivity contribution in [2.75, 3.05) is 20.1 Å². The van der Waals surface area contributed by atoms with Crippen LogP contribution in [0.3, 0.4) is 0 Å². The third-order valence-corrected chi connectivity index (χ3v) is 1.47. The monoisotopic (exact) mass is 186 g/mol. The number of carbonyl (C=O) groups excluding carboxylic acids is 1. The average molecular weight is 186 g/mol. The topological polar surface area (TPSA) is 79.5 Å². The fourth-order valence-corrected chi connectivity index (χ4v) is 0.736. The van der Waals surface area contributed by atoms with Crippen LogP contribution in [0.5, 0.6) is 0 Å². The first-order valence-corrected chi connectivity index (χ1v) is 4.43. The number of rotatable bonds is 5. The maximum Gasteiger partial charge on any atom is 0.221 e. The van der Waals surface area contributed by atoms with E-state index in [1.807, 2.05) is 6.92 Å². The lowest BCUT2D eigenvalue weighted by atomic mass is 10.4. The van der Waals surface area contributed by atoms with Crippen LogP contribution in [0.4, 0.5) is 0 Å². The number of nitrogens with two attached hydrogens (primary N) is 1. The van der Waals surface area contributed by atoms with Gasteiger partial charge in [0.05, 0.1) is 0 Å². The number of guanidine groups is 1. The molecule has 1 amide bonds. The quantitative estimate of drug-likeness (QED) is 0.397. The Hall–Kier alpha value is -1.26. The average Bonchev–Trinajstić information content (AvgIpc) is 2.14. The van der Waals surface area contributed by atoms with Gasteiger partial charge in [-0.15, -0.1) is 0 Å². The van der Waals surface area contributed by atoms with Gasteiger partial charge < -0.3 is 16.4 Å². The molecule has 0 aromatic carbocycles. The SMILES string of the molecule is CCCNC(=O)CCNC(N)=NC. The van der Waals surface area contributed by atoms with Crippen molar-refractivity contribution in [2.24, 2.45) is 10.7 Å². The second-order valence-corrected chi connectivity index (χ2v) is 2.64. The first kappa shape index (κ1) is 11.7. The molecular formula is C8H18N4O. The van der Waals surface area contributed by atoms with Crippen LogP contribution in [0.15, 0.2) is 4.99 Å². The molecule has 0 unspecified atom stereocenters. The summed E-state index contributed by atoms with van der Waals surface area (Å²) in [5.41, 5.74) is 5.37. The molecule has 0 aliphatic rings. The highest BCUT2D eigenvalue weighted by molar-refractivity contribution is 5.79. The van der Waals surface area contributed by atoms with Crippen molar-refractivity contribution in [1.29, 1.82) is 0 Å².